The van der Waals surface area contributed by atoms with Crippen LogP contribution in [0, 0.1) is 23.7 Å². The zero-order valence-corrected chi connectivity index (χ0v) is 12.4. The van der Waals surface area contributed by atoms with Gasteiger partial charge in [-0.05, 0) is 73.5 Å². The maximum Gasteiger partial charge on any atom is 0.231 e. The highest BCUT2D eigenvalue weighted by molar-refractivity contribution is 5.44. The summed E-state index contributed by atoms with van der Waals surface area (Å²) in [6.07, 6.45) is 7.44. The van der Waals surface area contributed by atoms with Crippen molar-refractivity contribution in [3.8, 4) is 11.5 Å². The molecule has 0 spiro atoms. The van der Waals surface area contributed by atoms with Gasteiger partial charge in [0, 0.05) is 12.6 Å². The molecule has 112 valence electrons. The first-order chi connectivity index (χ1) is 10.3. The Labute approximate surface area is 126 Å². The summed E-state index contributed by atoms with van der Waals surface area (Å²) in [7, 11) is 0. The molecule has 21 heavy (non-hydrogen) atoms. The fourth-order valence-electron chi connectivity index (χ4n) is 5.55. The number of hydrogen-bond donors (Lipinski definition) is 1. The van der Waals surface area contributed by atoms with Crippen LogP contribution in [0.1, 0.15) is 37.7 Å². The lowest BCUT2D eigenvalue weighted by Crippen LogP contribution is -2.54. The number of hydrogen-bond acceptors (Lipinski definition) is 3. The minimum atomic E-state index is 0.363. The Morgan fingerprint density at radius 1 is 0.905 bits per heavy atom. The molecule has 3 heteroatoms. The Bertz CT molecular complexity index is 528. The third-order valence-electron chi connectivity index (χ3n) is 6.21. The predicted molar refractivity (Wildman–Crippen MR) is 80.2 cm³/mol. The SMILES string of the molecule is c1cc2c(cc1CNC1C3CC4CC(C3)CC1C4)OCO2. The van der Waals surface area contributed by atoms with Crippen LogP contribution in [0.5, 0.6) is 11.5 Å². The second-order valence-corrected chi connectivity index (χ2v) is 7.53. The van der Waals surface area contributed by atoms with E-state index in [4.69, 9.17) is 9.47 Å². The summed E-state index contributed by atoms with van der Waals surface area (Å²) in [6.45, 7) is 1.32. The minimum Gasteiger partial charge on any atom is -0.454 e. The Kier molecular flexibility index (Phi) is 2.72. The van der Waals surface area contributed by atoms with Crippen molar-refractivity contribution in [2.75, 3.05) is 6.79 Å². The van der Waals surface area contributed by atoms with E-state index in [0.717, 1.165) is 47.8 Å². The summed E-state index contributed by atoms with van der Waals surface area (Å²) in [5, 5.41) is 3.88. The summed E-state index contributed by atoms with van der Waals surface area (Å²) < 4.78 is 10.9. The fraction of sp³-hybridized carbons (Fsp3) is 0.667. The molecule has 1 aliphatic heterocycles. The normalized spacial score (nSPS) is 39.0. The third kappa shape index (κ3) is 2.05. The second kappa shape index (κ2) is 4.64. The summed E-state index contributed by atoms with van der Waals surface area (Å²) in [6, 6.07) is 7.08. The van der Waals surface area contributed by atoms with Crippen LogP contribution in [-0.2, 0) is 6.54 Å². The minimum absolute atomic E-state index is 0.363. The molecule has 4 bridgehead atoms. The molecule has 0 atom stereocenters. The summed E-state index contributed by atoms with van der Waals surface area (Å²) in [5.41, 5.74) is 1.31. The van der Waals surface area contributed by atoms with Crippen molar-refractivity contribution in [2.45, 2.75) is 44.7 Å². The number of benzene rings is 1. The molecule has 0 aromatic heterocycles. The van der Waals surface area contributed by atoms with Gasteiger partial charge >= 0.3 is 0 Å². The van der Waals surface area contributed by atoms with E-state index >= 15 is 0 Å². The Balaban J connectivity index is 1.28. The fourth-order valence-corrected chi connectivity index (χ4v) is 5.55. The van der Waals surface area contributed by atoms with Gasteiger partial charge in [-0.2, -0.15) is 0 Å². The number of rotatable bonds is 3. The van der Waals surface area contributed by atoms with Crippen LogP contribution < -0.4 is 14.8 Å². The molecule has 1 aromatic carbocycles. The van der Waals surface area contributed by atoms with Gasteiger partial charge in [-0.3, -0.25) is 0 Å². The van der Waals surface area contributed by atoms with Crippen LogP contribution in [0.25, 0.3) is 0 Å². The zero-order valence-electron chi connectivity index (χ0n) is 12.4. The van der Waals surface area contributed by atoms with Gasteiger partial charge in [0.2, 0.25) is 6.79 Å². The molecule has 1 N–H and O–H groups in total. The van der Waals surface area contributed by atoms with Gasteiger partial charge < -0.3 is 14.8 Å². The van der Waals surface area contributed by atoms with Crippen molar-refractivity contribution in [1.82, 2.24) is 5.32 Å². The monoisotopic (exact) mass is 285 g/mol. The lowest BCUT2D eigenvalue weighted by atomic mass is 9.54. The van der Waals surface area contributed by atoms with Gasteiger partial charge in [0.15, 0.2) is 11.5 Å². The van der Waals surface area contributed by atoms with Crippen molar-refractivity contribution in [2.24, 2.45) is 23.7 Å². The maximum atomic E-state index is 5.48. The van der Waals surface area contributed by atoms with E-state index in [1.165, 1.54) is 37.7 Å². The van der Waals surface area contributed by atoms with Crippen molar-refractivity contribution >= 4 is 0 Å². The molecule has 4 saturated carbocycles. The standard InChI is InChI=1S/C18H23NO2/c1-2-16-17(21-10-20-16)8-11(1)9-19-18-14-4-12-3-13(6-14)7-15(18)5-12/h1-2,8,12-15,18-19H,3-7,9-10H2. The highest BCUT2D eigenvalue weighted by Crippen LogP contribution is 2.53. The average molecular weight is 285 g/mol. The van der Waals surface area contributed by atoms with Crippen LogP contribution in [0.3, 0.4) is 0 Å². The van der Waals surface area contributed by atoms with Gasteiger partial charge in [-0.15, -0.1) is 0 Å². The van der Waals surface area contributed by atoms with Crippen molar-refractivity contribution in [3.63, 3.8) is 0 Å². The molecule has 3 nitrogen and oxygen atoms in total. The summed E-state index contributed by atoms with van der Waals surface area (Å²) in [5.74, 6) is 5.77. The zero-order chi connectivity index (χ0) is 13.8. The first-order valence-electron chi connectivity index (χ1n) is 8.47. The topological polar surface area (TPSA) is 30.5 Å². The van der Waals surface area contributed by atoms with Crippen LogP contribution in [-0.4, -0.2) is 12.8 Å². The van der Waals surface area contributed by atoms with Gasteiger partial charge in [0.05, 0.1) is 0 Å². The van der Waals surface area contributed by atoms with Gasteiger partial charge in [-0.25, -0.2) is 0 Å². The molecule has 0 saturated heterocycles. The predicted octanol–water partition coefficient (Wildman–Crippen LogP) is 3.33. The van der Waals surface area contributed by atoms with Crippen molar-refractivity contribution in [1.29, 1.82) is 0 Å². The molecule has 1 aromatic rings. The van der Waals surface area contributed by atoms with Gasteiger partial charge in [0.1, 0.15) is 0 Å². The molecule has 4 aliphatic carbocycles. The van der Waals surface area contributed by atoms with E-state index in [1.54, 1.807) is 0 Å². The second-order valence-electron chi connectivity index (χ2n) is 7.53. The van der Waals surface area contributed by atoms with Crippen molar-refractivity contribution in [3.05, 3.63) is 23.8 Å². The van der Waals surface area contributed by atoms with E-state index in [2.05, 4.69) is 17.4 Å². The van der Waals surface area contributed by atoms with Gasteiger partial charge in [-0.1, -0.05) is 6.07 Å². The maximum absolute atomic E-state index is 5.48. The Morgan fingerprint density at radius 3 is 2.38 bits per heavy atom. The van der Waals surface area contributed by atoms with Crippen LogP contribution in [0.4, 0.5) is 0 Å². The Hall–Kier alpha value is -1.22. The molecule has 1 heterocycles. The van der Waals surface area contributed by atoms with Crippen LogP contribution in [0.15, 0.2) is 18.2 Å². The molecule has 4 fully saturated rings. The molecular formula is C18H23NO2. The van der Waals surface area contributed by atoms with E-state index in [1.807, 2.05) is 6.07 Å². The molecule has 0 radical (unpaired) electrons. The number of nitrogens with one attached hydrogen (secondary N) is 1. The average Bonchev–Trinajstić information content (AvgIpc) is 2.93. The molecular weight excluding hydrogens is 262 g/mol. The lowest BCUT2D eigenvalue weighted by molar-refractivity contribution is -0.0142. The van der Waals surface area contributed by atoms with E-state index in [9.17, 15) is 0 Å². The molecule has 5 aliphatic rings. The highest BCUT2D eigenvalue weighted by Gasteiger charge is 2.47. The Morgan fingerprint density at radius 2 is 1.62 bits per heavy atom. The smallest absolute Gasteiger partial charge is 0.231 e. The largest absolute Gasteiger partial charge is 0.454 e. The number of ether oxygens (including phenoxy) is 2. The highest BCUT2D eigenvalue weighted by atomic mass is 16.7. The quantitative estimate of drug-likeness (QED) is 0.924. The van der Waals surface area contributed by atoms with Crippen LogP contribution >= 0.6 is 0 Å². The molecule has 0 amide bonds. The van der Waals surface area contributed by atoms with Crippen molar-refractivity contribution < 1.29 is 9.47 Å². The first kappa shape index (κ1) is 12.3. The number of fused-ring (bicyclic) bond motifs is 1. The molecule has 6 rings (SSSR count). The van der Waals surface area contributed by atoms with Crippen LogP contribution in [0.2, 0.25) is 0 Å². The third-order valence-corrected chi connectivity index (χ3v) is 6.21. The van der Waals surface area contributed by atoms with E-state index in [-0.39, 0.29) is 0 Å². The summed E-state index contributed by atoms with van der Waals surface area (Å²) >= 11 is 0. The summed E-state index contributed by atoms with van der Waals surface area (Å²) in [4.78, 5) is 0. The van der Waals surface area contributed by atoms with Gasteiger partial charge in [0.25, 0.3) is 0 Å². The molecule has 0 unspecified atom stereocenters. The van der Waals surface area contributed by atoms with E-state index in [0.29, 0.717) is 6.79 Å². The van der Waals surface area contributed by atoms with E-state index < -0.39 is 0 Å². The lowest BCUT2D eigenvalue weighted by Gasteiger charge is -2.54. The first-order valence-corrected chi connectivity index (χ1v) is 8.47.